The van der Waals surface area contributed by atoms with Crippen molar-refractivity contribution in [1.82, 2.24) is 0 Å². The number of hydrogen-bond acceptors (Lipinski definition) is 6. The van der Waals surface area contributed by atoms with Gasteiger partial charge < -0.3 is 14.2 Å². The molecule has 146 valence electrons. The molecule has 0 bridgehead atoms. The summed E-state index contributed by atoms with van der Waals surface area (Å²) in [4.78, 5) is 33.5. The summed E-state index contributed by atoms with van der Waals surface area (Å²) >= 11 is 0. The molecule has 0 aromatic heterocycles. The number of esters is 3. The molecule has 0 N–H and O–H groups in total. The van der Waals surface area contributed by atoms with Crippen LogP contribution in [-0.4, -0.2) is 24.0 Å². The smallest absolute Gasteiger partial charge is 0.307 e. The molecule has 0 aromatic rings. The Kier molecular flexibility index (Phi) is 11.7. The lowest BCUT2D eigenvalue weighted by atomic mass is 10.1. The highest BCUT2D eigenvalue weighted by atomic mass is 16.5. The van der Waals surface area contributed by atoms with Gasteiger partial charge in [-0.05, 0) is 38.5 Å². The zero-order valence-corrected chi connectivity index (χ0v) is 16.6. The molecule has 27 heavy (non-hydrogen) atoms. The zero-order chi connectivity index (χ0) is 20.8. The van der Waals surface area contributed by atoms with E-state index in [4.69, 9.17) is 14.2 Å². The van der Waals surface area contributed by atoms with Crippen LogP contribution in [0.4, 0.5) is 0 Å². The van der Waals surface area contributed by atoms with Crippen molar-refractivity contribution in [2.24, 2.45) is 0 Å². The van der Waals surface area contributed by atoms with Gasteiger partial charge in [0.15, 0.2) is 0 Å². The summed E-state index contributed by atoms with van der Waals surface area (Å²) in [5.41, 5.74) is 2.23. The van der Waals surface area contributed by atoms with Crippen molar-refractivity contribution in [3.8, 4) is 11.8 Å². The fourth-order valence-electron chi connectivity index (χ4n) is 1.66. The fraction of sp³-hybridized carbons (Fsp3) is 0.381. The Morgan fingerprint density at radius 2 is 1.56 bits per heavy atom. The highest BCUT2D eigenvalue weighted by Crippen LogP contribution is 2.16. The van der Waals surface area contributed by atoms with Crippen LogP contribution in [0, 0.1) is 11.8 Å². The number of hydrogen-bond donors (Lipinski definition) is 0. The number of ether oxygens (including phenoxy) is 3. The minimum absolute atomic E-state index is 0.298. The van der Waals surface area contributed by atoms with Crippen molar-refractivity contribution in [2.75, 3.05) is 0 Å². The molecule has 6 nitrogen and oxygen atoms in total. The lowest BCUT2D eigenvalue weighted by Crippen LogP contribution is -2.18. The minimum atomic E-state index is -0.742. The second-order valence-electron chi connectivity index (χ2n) is 5.85. The van der Waals surface area contributed by atoms with Crippen molar-refractivity contribution >= 4 is 17.9 Å². The molecule has 0 aliphatic rings. The molecule has 0 unspecified atom stereocenters. The van der Waals surface area contributed by atoms with Crippen LogP contribution in [-0.2, 0) is 28.6 Å². The third-order valence-corrected chi connectivity index (χ3v) is 2.80. The van der Waals surface area contributed by atoms with Gasteiger partial charge in [-0.3, -0.25) is 14.4 Å². The van der Waals surface area contributed by atoms with Gasteiger partial charge in [0.25, 0.3) is 0 Å². The number of allylic oxidation sites excluding steroid dienone is 3. The molecule has 0 radical (unpaired) electrons. The normalized spacial score (nSPS) is 12.5. The maximum Gasteiger partial charge on any atom is 0.307 e. The van der Waals surface area contributed by atoms with Gasteiger partial charge in [0, 0.05) is 32.8 Å². The predicted octanol–water partition coefficient (Wildman–Crippen LogP) is 3.75. The van der Waals surface area contributed by atoms with Gasteiger partial charge >= 0.3 is 17.9 Å². The van der Waals surface area contributed by atoms with E-state index in [9.17, 15) is 14.4 Å². The van der Waals surface area contributed by atoms with Crippen molar-refractivity contribution < 1.29 is 28.6 Å². The van der Waals surface area contributed by atoms with E-state index in [-0.39, 0.29) is 0 Å². The number of carbonyl (C=O) groups is 3. The Bertz CT molecular complexity index is 722. The molecule has 0 saturated heterocycles. The summed E-state index contributed by atoms with van der Waals surface area (Å²) in [5.74, 6) is 4.35. The molecule has 0 aliphatic heterocycles. The van der Waals surface area contributed by atoms with Crippen molar-refractivity contribution in [3.05, 3.63) is 47.5 Å². The predicted molar refractivity (Wildman–Crippen MR) is 102 cm³/mol. The van der Waals surface area contributed by atoms with Crippen LogP contribution >= 0.6 is 0 Å². The van der Waals surface area contributed by atoms with E-state index >= 15 is 0 Å². The van der Waals surface area contributed by atoms with Gasteiger partial charge in [-0.2, -0.15) is 0 Å². The van der Waals surface area contributed by atoms with E-state index in [2.05, 4.69) is 11.8 Å². The number of rotatable bonds is 7. The molecule has 0 fully saturated rings. The third kappa shape index (κ3) is 13.9. The topological polar surface area (TPSA) is 78.9 Å². The summed E-state index contributed by atoms with van der Waals surface area (Å²) in [6.45, 7) is 9.50. The van der Waals surface area contributed by atoms with Crippen molar-refractivity contribution in [1.29, 1.82) is 0 Å². The highest BCUT2D eigenvalue weighted by molar-refractivity contribution is 5.68. The Morgan fingerprint density at radius 1 is 0.926 bits per heavy atom. The molecule has 0 spiro atoms. The molecule has 0 amide bonds. The summed E-state index contributed by atoms with van der Waals surface area (Å²) in [7, 11) is 0. The van der Waals surface area contributed by atoms with Gasteiger partial charge in [-0.15, -0.1) is 0 Å². The summed E-state index contributed by atoms with van der Waals surface area (Å²) in [6.07, 6.45) is 6.86. The number of carbonyl (C=O) groups excluding carboxylic acids is 3. The molecule has 0 aliphatic carbocycles. The SMILES string of the molecule is CC(=O)O/C=C(/C=C/OC(C)=O)[C@H](C/C=C(\C)C#CC=C(C)C)OC(C)=O. The van der Waals surface area contributed by atoms with Crippen LogP contribution in [0.1, 0.15) is 48.0 Å². The van der Waals surface area contributed by atoms with Crippen LogP contribution < -0.4 is 0 Å². The summed E-state index contributed by atoms with van der Waals surface area (Å²) in [5, 5.41) is 0. The average molecular weight is 374 g/mol. The lowest BCUT2D eigenvalue weighted by Gasteiger charge is -2.16. The monoisotopic (exact) mass is 374 g/mol. The van der Waals surface area contributed by atoms with E-state index in [0.29, 0.717) is 12.0 Å². The van der Waals surface area contributed by atoms with E-state index in [1.165, 1.54) is 26.8 Å². The largest absolute Gasteiger partial charge is 0.457 e. The fourth-order valence-corrected chi connectivity index (χ4v) is 1.66. The Morgan fingerprint density at radius 3 is 2.07 bits per heavy atom. The van der Waals surface area contributed by atoms with Crippen LogP contribution in [0.3, 0.4) is 0 Å². The van der Waals surface area contributed by atoms with E-state index in [1.807, 2.05) is 20.8 Å². The third-order valence-electron chi connectivity index (χ3n) is 2.80. The Hall–Kier alpha value is -3.07. The first-order valence-electron chi connectivity index (χ1n) is 8.31. The van der Waals surface area contributed by atoms with E-state index < -0.39 is 24.0 Å². The Balaban J connectivity index is 5.54. The highest BCUT2D eigenvalue weighted by Gasteiger charge is 2.16. The van der Waals surface area contributed by atoms with Gasteiger partial charge in [0.2, 0.25) is 0 Å². The van der Waals surface area contributed by atoms with E-state index in [0.717, 1.165) is 23.7 Å². The van der Waals surface area contributed by atoms with E-state index in [1.54, 1.807) is 12.2 Å². The van der Waals surface area contributed by atoms with Gasteiger partial charge in [-0.1, -0.05) is 23.5 Å². The van der Waals surface area contributed by atoms with Crippen LogP contribution in [0.5, 0.6) is 0 Å². The first-order valence-corrected chi connectivity index (χ1v) is 8.31. The van der Waals surface area contributed by atoms with Crippen LogP contribution in [0.15, 0.2) is 47.5 Å². The molecule has 0 aromatic carbocycles. The standard InChI is InChI=1S/C21H26O6/c1-15(2)8-7-9-16(3)10-11-21(27-19(6)24)20(14-26-18(5)23)12-13-25-17(4)22/h8,10,12-14,21H,11H2,1-6H3/b13-12+,16-10+,20-14-/t21-/m0/s1. The summed E-state index contributed by atoms with van der Waals surface area (Å²) < 4.78 is 14.9. The van der Waals surface area contributed by atoms with Crippen molar-refractivity contribution in [2.45, 2.75) is 54.1 Å². The maximum absolute atomic E-state index is 11.4. The lowest BCUT2D eigenvalue weighted by molar-refractivity contribution is -0.144. The molecule has 6 heteroatoms. The molecule has 0 heterocycles. The molecule has 0 saturated carbocycles. The second-order valence-corrected chi connectivity index (χ2v) is 5.85. The molecule has 1 atom stereocenters. The van der Waals surface area contributed by atoms with Crippen molar-refractivity contribution in [3.63, 3.8) is 0 Å². The Labute approximate surface area is 160 Å². The first kappa shape index (κ1) is 23.9. The second kappa shape index (κ2) is 13.2. The molecule has 0 rings (SSSR count). The zero-order valence-electron chi connectivity index (χ0n) is 16.6. The maximum atomic E-state index is 11.4. The molecular formula is C21H26O6. The van der Waals surface area contributed by atoms with Gasteiger partial charge in [0.05, 0.1) is 6.26 Å². The molecular weight excluding hydrogens is 348 g/mol. The minimum Gasteiger partial charge on any atom is -0.457 e. The first-order chi connectivity index (χ1) is 12.6. The van der Waals surface area contributed by atoms with Gasteiger partial charge in [-0.25, -0.2) is 0 Å². The van der Waals surface area contributed by atoms with Crippen LogP contribution in [0.2, 0.25) is 0 Å². The summed E-state index contributed by atoms with van der Waals surface area (Å²) in [6, 6.07) is 0. The average Bonchev–Trinajstić information content (AvgIpc) is 2.53. The quantitative estimate of drug-likeness (QED) is 0.222. The van der Waals surface area contributed by atoms with Gasteiger partial charge in [0.1, 0.15) is 12.4 Å². The van der Waals surface area contributed by atoms with Crippen LogP contribution in [0.25, 0.3) is 0 Å².